The minimum atomic E-state index is 0.0239. The highest BCUT2D eigenvalue weighted by atomic mass is 16.1. The van der Waals surface area contributed by atoms with Crippen molar-refractivity contribution in [2.75, 3.05) is 19.6 Å². The molecule has 2 rings (SSSR count). The second-order valence-electron chi connectivity index (χ2n) is 4.28. The van der Waals surface area contributed by atoms with E-state index in [1.54, 1.807) is 0 Å². The molecule has 1 heterocycles. The fourth-order valence-electron chi connectivity index (χ4n) is 2.24. The molecule has 86 valence electrons. The molecule has 1 aromatic rings. The molecule has 0 unspecified atom stereocenters. The Morgan fingerprint density at radius 3 is 2.81 bits per heavy atom. The highest BCUT2D eigenvalue weighted by molar-refractivity contribution is 5.97. The molecule has 1 saturated heterocycles. The average Bonchev–Trinajstić information content (AvgIpc) is 2.39. The SMILES string of the molecule is NCC(=O)c1cccc(C2CCNCC2)c1. The lowest BCUT2D eigenvalue weighted by molar-refractivity contribution is 0.100. The summed E-state index contributed by atoms with van der Waals surface area (Å²) < 4.78 is 0. The fraction of sp³-hybridized carbons (Fsp3) is 0.462. The molecule has 1 aliphatic rings. The predicted molar refractivity (Wildman–Crippen MR) is 64.7 cm³/mol. The standard InChI is InChI=1S/C13H18N2O/c14-9-13(16)12-3-1-2-11(8-12)10-4-6-15-7-5-10/h1-3,8,10,15H,4-7,9,14H2. The Morgan fingerprint density at radius 1 is 1.38 bits per heavy atom. The summed E-state index contributed by atoms with van der Waals surface area (Å²) in [6.45, 7) is 2.23. The second-order valence-corrected chi connectivity index (χ2v) is 4.28. The number of nitrogens with one attached hydrogen (secondary N) is 1. The smallest absolute Gasteiger partial charge is 0.176 e. The average molecular weight is 218 g/mol. The highest BCUT2D eigenvalue weighted by Crippen LogP contribution is 2.25. The van der Waals surface area contributed by atoms with Crippen LogP contribution in [0.3, 0.4) is 0 Å². The Kier molecular flexibility index (Phi) is 3.70. The van der Waals surface area contributed by atoms with Gasteiger partial charge in [0.1, 0.15) is 0 Å². The number of hydrogen-bond acceptors (Lipinski definition) is 3. The third-order valence-electron chi connectivity index (χ3n) is 3.20. The lowest BCUT2D eigenvalue weighted by Crippen LogP contribution is -2.26. The zero-order chi connectivity index (χ0) is 11.4. The van der Waals surface area contributed by atoms with E-state index < -0.39 is 0 Å². The van der Waals surface area contributed by atoms with Gasteiger partial charge in [0.2, 0.25) is 0 Å². The van der Waals surface area contributed by atoms with Gasteiger partial charge in [-0.1, -0.05) is 18.2 Å². The Balaban J connectivity index is 2.17. The summed E-state index contributed by atoms with van der Waals surface area (Å²) in [5.41, 5.74) is 7.40. The summed E-state index contributed by atoms with van der Waals surface area (Å²) in [6.07, 6.45) is 2.31. The molecule has 1 fully saturated rings. The van der Waals surface area contributed by atoms with Crippen molar-refractivity contribution in [3.8, 4) is 0 Å². The molecular formula is C13H18N2O. The van der Waals surface area contributed by atoms with Crippen molar-refractivity contribution in [3.05, 3.63) is 35.4 Å². The molecule has 3 heteroatoms. The van der Waals surface area contributed by atoms with Gasteiger partial charge in [-0.3, -0.25) is 4.79 Å². The molecule has 16 heavy (non-hydrogen) atoms. The van der Waals surface area contributed by atoms with Gasteiger partial charge in [-0.25, -0.2) is 0 Å². The number of benzene rings is 1. The van der Waals surface area contributed by atoms with Crippen molar-refractivity contribution in [2.24, 2.45) is 5.73 Å². The summed E-state index contributed by atoms with van der Waals surface area (Å²) in [7, 11) is 0. The molecule has 3 N–H and O–H groups in total. The molecule has 0 atom stereocenters. The fourth-order valence-corrected chi connectivity index (χ4v) is 2.24. The van der Waals surface area contributed by atoms with Crippen molar-refractivity contribution in [1.82, 2.24) is 5.32 Å². The maximum absolute atomic E-state index is 11.5. The number of piperidine rings is 1. The van der Waals surface area contributed by atoms with Crippen LogP contribution in [0, 0.1) is 0 Å². The number of hydrogen-bond donors (Lipinski definition) is 2. The lowest BCUT2D eigenvalue weighted by atomic mass is 9.89. The zero-order valence-corrected chi connectivity index (χ0v) is 9.41. The molecule has 0 aromatic heterocycles. The molecule has 1 aliphatic heterocycles. The van der Waals surface area contributed by atoms with Crippen molar-refractivity contribution in [3.63, 3.8) is 0 Å². The van der Waals surface area contributed by atoms with E-state index in [0.29, 0.717) is 5.92 Å². The van der Waals surface area contributed by atoms with E-state index in [4.69, 9.17) is 5.73 Å². The molecular weight excluding hydrogens is 200 g/mol. The van der Waals surface area contributed by atoms with Gasteiger partial charge in [-0.15, -0.1) is 0 Å². The van der Waals surface area contributed by atoms with Crippen molar-refractivity contribution in [2.45, 2.75) is 18.8 Å². The predicted octanol–water partition coefficient (Wildman–Crippen LogP) is 1.29. The maximum atomic E-state index is 11.5. The van der Waals surface area contributed by atoms with Gasteiger partial charge in [0, 0.05) is 5.56 Å². The normalized spacial score (nSPS) is 17.3. The minimum absolute atomic E-state index is 0.0239. The van der Waals surface area contributed by atoms with Crippen LogP contribution in [-0.2, 0) is 0 Å². The molecule has 0 aliphatic carbocycles. The van der Waals surface area contributed by atoms with Crippen LogP contribution < -0.4 is 11.1 Å². The van der Waals surface area contributed by atoms with E-state index in [9.17, 15) is 4.79 Å². The van der Waals surface area contributed by atoms with Crippen LogP contribution in [0.25, 0.3) is 0 Å². The van der Waals surface area contributed by atoms with Gasteiger partial charge in [-0.05, 0) is 43.5 Å². The zero-order valence-electron chi connectivity index (χ0n) is 9.41. The van der Waals surface area contributed by atoms with E-state index in [-0.39, 0.29) is 12.3 Å². The summed E-state index contributed by atoms with van der Waals surface area (Å²) in [4.78, 5) is 11.5. The monoisotopic (exact) mass is 218 g/mol. The first-order chi connectivity index (χ1) is 7.81. The van der Waals surface area contributed by atoms with E-state index in [2.05, 4.69) is 11.4 Å². The van der Waals surface area contributed by atoms with Gasteiger partial charge in [0.05, 0.1) is 6.54 Å². The summed E-state index contributed by atoms with van der Waals surface area (Å²) >= 11 is 0. The largest absolute Gasteiger partial charge is 0.324 e. The van der Waals surface area contributed by atoms with Gasteiger partial charge in [0.25, 0.3) is 0 Å². The highest BCUT2D eigenvalue weighted by Gasteiger charge is 2.15. The third kappa shape index (κ3) is 2.49. The van der Waals surface area contributed by atoms with Gasteiger partial charge < -0.3 is 11.1 Å². The summed E-state index contributed by atoms with van der Waals surface area (Å²) in [6, 6.07) is 7.93. The van der Waals surface area contributed by atoms with Crippen LogP contribution in [0.1, 0.15) is 34.7 Å². The van der Waals surface area contributed by atoms with Crippen molar-refractivity contribution in [1.29, 1.82) is 0 Å². The summed E-state index contributed by atoms with van der Waals surface area (Å²) in [5.74, 6) is 0.613. The molecule has 1 aromatic carbocycles. The molecule has 0 saturated carbocycles. The minimum Gasteiger partial charge on any atom is -0.324 e. The van der Waals surface area contributed by atoms with Crippen LogP contribution in [0.4, 0.5) is 0 Å². The molecule has 0 bridgehead atoms. The van der Waals surface area contributed by atoms with Crippen LogP contribution in [0.2, 0.25) is 0 Å². The quantitative estimate of drug-likeness (QED) is 0.752. The molecule has 0 radical (unpaired) electrons. The number of carbonyl (C=O) groups is 1. The number of rotatable bonds is 3. The van der Waals surface area contributed by atoms with E-state index in [0.717, 1.165) is 31.5 Å². The molecule has 3 nitrogen and oxygen atoms in total. The Hall–Kier alpha value is -1.19. The lowest BCUT2D eigenvalue weighted by Gasteiger charge is -2.23. The number of nitrogens with two attached hydrogens (primary N) is 1. The Labute approximate surface area is 96.0 Å². The van der Waals surface area contributed by atoms with Gasteiger partial charge in [-0.2, -0.15) is 0 Å². The van der Waals surface area contributed by atoms with Crippen LogP contribution in [0.15, 0.2) is 24.3 Å². The second kappa shape index (κ2) is 5.23. The van der Waals surface area contributed by atoms with Crippen molar-refractivity contribution < 1.29 is 4.79 Å². The van der Waals surface area contributed by atoms with Crippen LogP contribution in [0.5, 0.6) is 0 Å². The molecule has 0 spiro atoms. The first-order valence-corrected chi connectivity index (χ1v) is 5.85. The summed E-state index contributed by atoms with van der Waals surface area (Å²) in [5, 5.41) is 3.35. The Morgan fingerprint density at radius 2 is 2.12 bits per heavy atom. The van der Waals surface area contributed by atoms with E-state index >= 15 is 0 Å². The topological polar surface area (TPSA) is 55.1 Å². The van der Waals surface area contributed by atoms with E-state index in [1.807, 2.05) is 18.2 Å². The number of Topliss-reactive ketones (excluding diaryl/α,β-unsaturated/α-hetero) is 1. The Bertz CT molecular complexity index is 370. The maximum Gasteiger partial charge on any atom is 0.176 e. The third-order valence-corrected chi connectivity index (χ3v) is 3.20. The van der Waals surface area contributed by atoms with E-state index in [1.165, 1.54) is 5.56 Å². The van der Waals surface area contributed by atoms with Crippen molar-refractivity contribution >= 4 is 5.78 Å². The van der Waals surface area contributed by atoms with Crippen LogP contribution >= 0.6 is 0 Å². The van der Waals surface area contributed by atoms with Crippen LogP contribution in [-0.4, -0.2) is 25.4 Å². The molecule has 0 amide bonds. The first-order valence-electron chi connectivity index (χ1n) is 5.85. The first kappa shape index (κ1) is 11.3. The van der Waals surface area contributed by atoms with Gasteiger partial charge >= 0.3 is 0 Å². The number of carbonyl (C=O) groups excluding carboxylic acids is 1. The van der Waals surface area contributed by atoms with Gasteiger partial charge in [0.15, 0.2) is 5.78 Å². The number of ketones is 1.